The second-order valence-electron chi connectivity index (χ2n) is 5.43. The quantitative estimate of drug-likeness (QED) is 0.913. The molecule has 2 aromatic rings. The molecule has 2 atom stereocenters. The predicted octanol–water partition coefficient (Wildman–Crippen LogP) is 3.62. The molecule has 1 heterocycles. The lowest BCUT2D eigenvalue weighted by atomic mass is 9.99. The maximum absolute atomic E-state index is 3.68. The van der Waals surface area contributed by atoms with Crippen LogP contribution in [0.4, 0.5) is 5.69 Å². The van der Waals surface area contributed by atoms with Gasteiger partial charge in [-0.1, -0.05) is 55.5 Å². The summed E-state index contributed by atoms with van der Waals surface area (Å²) in [6.45, 7) is 4.33. The first kappa shape index (κ1) is 13.2. The zero-order chi connectivity index (χ0) is 13.8. The molecule has 2 aromatic carbocycles. The summed E-state index contributed by atoms with van der Waals surface area (Å²) in [5.41, 5.74) is 2.71. The smallest absolute Gasteiger partial charge is 0.0667 e. The van der Waals surface area contributed by atoms with E-state index < -0.39 is 0 Å². The Morgan fingerprint density at radius 3 is 2.30 bits per heavy atom. The summed E-state index contributed by atoms with van der Waals surface area (Å²) in [5.74, 6) is 0. The number of benzene rings is 2. The van der Waals surface area contributed by atoms with Gasteiger partial charge in [-0.2, -0.15) is 0 Å². The number of hydrogen-bond donors (Lipinski definition) is 1. The van der Waals surface area contributed by atoms with E-state index >= 15 is 0 Å². The minimum Gasteiger partial charge on any atom is -0.362 e. The van der Waals surface area contributed by atoms with Crippen molar-refractivity contribution < 1.29 is 0 Å². The van der Waals surface area contributed by atoms with Crippen LogP contribution in [0.5, 0.6) is 0 Å². The van der Waals surface area contributed by atoms with Gasteiger partial charge < -0.3 is 10.2 Å². The van der Waals surface area contributed by atoms with Crippen molar-refractivity contribution in [3.05, 3.63) is 66.2 Å². The normalized spacial score (nSPS) is 22.8. The summed E-state index contributed by atoms with van der Waals surface area (Å²) >= 11 is 0. The molecule has 0 saturated carbocycles. The fourth-order valence-electron chi connectivity index (χ4n) is 2.97. The van der Waals surface area contributed by atoms with Crippen LogP contribution in [0.25, 0.3) is 0 Å². The lowest BCUT2D eigenvalue weighted by Crippen LogP contribution is -2.52. The van der Waals surface area contributed by atoms with Crippen molar-refractivity contribution in [1.29, 1.82) is 0 Å². The molecule has 1 N–H and O–H groups in total. The van der Waals surface area contributed by atoms with Gasteiger partial charge in [0, 0.05) is 24.8 Å². The maximum Gasteiger partial charge on any atom is 0.0667 e. The van der Waals surface area contributed by atoms with Gasteiger partial charge in [-0.15, -0.1) is 0 Å². The highest BCUT2D eigenvalue weighted by molar-refractivity contribution is 5.49. The molecule has 0 radical (unpaired) electrons. The van der Waals surface area contributed by atoms with E-state index in [1.54, 1.807) is 0 Å². The first-order valence-corrected chi connectivity index (χ1v) is 7.48. The van der Waals surface area contributed by atoms with E-state index in [4.69, 9.17) is 0 Å². The van der Waals surface area contributed by atoms with E-state index in [9.17, 15) is 0 Å². The summed E-state index contributed by atoms with van der Waals surface area (Å²) in [6.07, 6.45) is 1.17. The van der Waals surface area contributed by atoms with Crippen LogP contribution in [0.15, 0.2) is 60.7 Å². The lowest BCUT2D eigenvalue weighted by Gasteiger charge is -2.42. The number of piperazine rings is 1. The van der Waals surface area contributed by atoms with Gasteiger partial charge in [0.25, 0.3) is 0 Å². The highest BCUT2D eigenvalue weighted by Crippen LogP contribution is 2.29. The summed E-state index contributed by atoms with van der Waals surface area (Å²) in [5, 5.41) is 3.68. The Morgan fingerprint density at radius 1 is 1.00 bits per heavy atom. The van der Waals surface area contributed by atoms with Crippen molar-refractivity contribution in [2.75, 3.05) is 18.0 Å². The van der Waals surface area contributed by atoms with Gasteiger partial charge in [-0.3, -0.25) is 0 Å². The molecule has 104 valence electrons. The van der Waals surface area contributed by atoms with Crippen molar-refractivity contribution in [1.82, 2.24) is 5.32 Å². The molecule has 20 heavy (non-hydrogen) atoms. The van der Waals surface area contributed by atoms with Gasteiger partial charge in [-0.25, -0.2) is 0 Å². The zero-order valence-electron chi connectivity index (χ0n) is 12.0. The van der Waals surface area contributed by atoms with Gasteiger partial charge in [0.1, 0.15) is 0 Å². The number of anilines is 1. The number of para-hydroxylation sites is 1. The van der Waals surface area contributed by atoms with Gasteiger partial charge in [0.05, 0.1) is 6.04 Å². The van der Waals surface area contributed by atoms with Crippen LogP contribution in [0.2, 0.25) is 0 Å². The van der Waals surface area contributed by atoms with Gasteiger partial charge in [-0.05, 0) is 24.1 Å². The number of nitrogens with zero attached hydrogens (tertiary/aromatic N) is 1. The summed E-state index contributed by atoms with van der Waals surface area (Å²) in [7, 11) is 0. The Bertz CT molecular complexity index is 524. The van der Waals surface area contributed by atoms with Crippen molar-refractivity contribution in [2.45, 2.75) is 25.4 Å². The Hall–Kier alpha value is -1.80. The molecule has 0 aliphatic carbocycles. The first-order valence-electron chi connectivity index (χ1n) is 7.48. The van der Waals surface area contributed by atoms with E-state index in [0.29, 0.717) is 12.1 Å². The topological polar surface area (TPSA) is 15.3 Å². The molecule has 1 fully saturated rings. The van der Waals surface area contributed by atoms with Crippen LogP contribution in [-0.4, -0.2) is 19.1 Å². The summed E-state index contributed by atoms with van der Waals surface area (Å²) < 4.78 is 0. The van der Waals surface area contributed by atoms with E-state index in [1.165, 1.54) is 17.7 Å². The summed E-state index contributed by atoms with van der Waals surface area (Å²) in [6, 6.07) is 22.6. The minimum absolute atomic E-state index is 0.418. The van der Waals surface area contributed by atoms with Crippen LogP contribution < -0.4 is 10.2 Å². The van der Waals surface area contributed by atoms with Gasteiger partial charge >= 0.3 is 0 Å². The Balaban J connectivity index is 1.91. The molecule has 1 aliphatic rings. The predicted molar refractivity (Wildman–Crippen MR) is 85.1 cm³/mol. The van der Waals surface area contributed by atoms with Crippen LogP contribution in [0, 0.1) is 0 Å². The fourth-order valence-corrected chi connectivity index (χ4v) is 2.97. The minimum atomic E-state index is 0.418. The Morgan fingerprint density at radius 2 is 1.65 bits per heavy atom. The molecule has 2 heteroatoms. The molecule has 1 saturated heterocycles. The highest BCUT2D eigenvalue weighted by atomic mass is 15.2. The monoisotopic (exact) mass is 266 g/mol. The highest BCUT2D eigenvalue weighted by Gasteiger charge is 2.28. The molecule has 2 nitrogen and oxygen atoms in total. The third-order valence-electron chi connectivity index (χ3n) is 4.16. The largest absolute Gasteiger partial charge is 0.362 e. The number of hydrogen-bond acceptors (Lipinski definition) is 2. The van der Waals surface area contributed by atoms with Gasteiger partial charge in [0.2, 0.25) is 0 Å². The number of nitrogens with one attached hydrogen (secondary N) is 1. The Labute approximate surface area is 121 Å². The zero-order valence-corrected chi connectivity index (χ0v) is 12.0. The van der Waals surface area contributed by atoms with E-state index in [2.05, 4.69) is 77.8 Å². The molecule has 0 bridgehead atoms. The van der Waals surface area contributed by atoms with Crippen molar-refractivity contribution in [2.24, 2.45) is 0 Å². The standard InChI is InChI=1S/C18H22N2/c1-2-16-14-20(17-11-7-4-8-12-17)18(13-19-16)15-9-5-3-6-10-15/h3-12,16,18-19H,2,13-14H2,1H3. The van der Waals surface area contributed by atoms with Crippen LogP contribution in [0.1, 0.15) is 24.9 Å². The van der Waals surface area contributed by atoms with E-state index in [-0.39, 0.29) is 0 Å². The average Bonchev–Trinajstić information content (AvgIpc) is 2.56. The van der Waals surface area contributed by atoms with Crippen LogP contribution in [-0.2, 0) is 0 Å². The molecule has 1 aliphatic heterocycles. The molecular weight excluding hydrogens is 244 g/mol. The third kappa shape index (κ3) is 2.70. The second-order valence-corrected chi connectivity index (χ2v) is 5.43. The van der Waals surface area contributed by atoms with Crippen molar-refractivity contribution in [3.8, 4) is 0 Å². The third-order valence-corrected chi connectivity index (χ3v) is 4.16. The first-order chi connectivity index (χ1) is 9.88. The lowest BCUT2D eigenvalue weighted by molar-refractivity contribution is 0.390. The molecule has 0 aromatic heterocycles. The molecular formula is C18H22N2. The maximum atomic E-state index is 3.68. The number of rotatable bonds is 3. The molecule has 2 unspecified atom stereocenters. The Kier molecular flexibility index (Phi) is 4.03. The van der Waals surface area contributed by atoms with E-state index in [0.717, 1.165) is 13.1 Å². The van der Waals surface area contributed by atoms with Crippen molar-refractivity contribution in [3.63, 3.8) is 0 Å². The van der Waals surface area contributed by atoms with Crippen molar-refractivity contribution >= 4 is 5.69 Å². The molecule has 0 spiro atoms. The van der Waals surface area contributed by atoms with Crippen LogP contribution >= 0.6 is 0 Å². The SMILES string of the molecule is CCC1CN(c2ccccc2)C(c2ccccc2)CN1. The average molecular weight is 266 g/mol. The van der Waals surface area contributed by atoms with Crippen LogP contribution in [0.3, 0.4) is 0 Å². The van der Waals surface area contributed by atoms with E-state index in [1.807, 2.05) is 0 Å². The van der Waals surface area contributed by atoms with Gasteiger partial charge in [0.15, 0.2) is 0 Å². The molecule has 3 rings (SSSR count). The fraction of sp³-hybridized carbons (Fsp3) is 0.333. The second kappa shape index (κ2) is 6.10. The molecule has 0 amide bonds. The summed E-state index contributed by atoms with van der Waals surface area (Å²) in [4.78, 5) is 2.54.